The van der Waals surface area contributed by atoms with Crippen LogP contribution in [0.25, 0.3) is 33.2 Å². The van der Waals surface area contributed by atoms with E-state index in [1.807, 2.05) is 0 Å². The van der Waals surface area contributed by atoms with E-state index in [9.17, 15) is 31.1 Å². The Balaban J connectivity index is 2.14. The van der Waals surface area contributed by atoms with Crippen LogP contribution >= 0.6 is 0 Å². The van der Waals surface area contributed by atoms with Gasteiger partial charge in [0.2, 0.25) is 0 Å². The Bertz CT molecular complexity index is 1380. The summed E-state index contributed by atoms with van der Waals surface area (Å²) >= 11 is 0. The zero-order valence-electron chi connectivity index (χ0n) is 16.6. The van der Waals surface area contributed by atoms with Crippen LogP contribution < -0.4 is 5.56 Å². The van der Waals surface area contributed by atoms with E-state index in [1.54, 1.807) is 24.3 Å². The molecule has 1 heterocycles. The lowest BCUT2D eigenvalue weighted by atomic mass is 9.90. The molecule has 0 radical (unpaired) electrons. The lowest BCUT2D eigenvalue weighted by Crippen LogP contribution is -2.20. The van der Waals surface area contributed by atoms with E-state index in [0.717, 1.165) is 24.3 Å². The zero-order chi connectivity index (χ0) is 23.3. The number of benzene rings is 3. The molecule has 4 aromatic rings. The van der Waals surface area contributed by atoms with Gasteiger partial charge in [0.1, 0.15) is 0 Å². The van der Waals surface area contributed by atoms with E-state index >= 15 is 0 Å². The predicted molar refractivity (Wildman–Crippen MR) is 110 cm³/mol. The van der Waals surface area contributed by atoms with Crippen LogP contribution in [0.5, 0.6) is 0 Å². The summed E-state index contributed by atoms with van der Waals surface area (Å²) in [4.78, 5) is 13.3. The van der Waals surface area contributed by atoms with Gasteiger partial charge in [0.15, 0.2) is 0 Å². The Morgan fingerprint density at radius 2 is 1.16 bits per heavy atom. The zero-order valence-corrected chi connectivity index (χ0v) is 16.6. The van der Waals surface area contributed by atoms with Crippen molar-refractivity contribution in [3.05, 3.63) is 94.3 Å². The predicted octanol–water partition coefficient (Wildman–Crippen LogP) is 6.91. The molecule has 4 rings (SSSR count). The van der Waals surface area contributed by atoms with Crippen molar-refractivity contribution < 1.29 is 26.3 Å². The molecule has 164 valence electrons. The first-order valence-corrected chi connectivity index (χ1v) is 9.45. The summed E-state index contributed by atoms with van der Waals surface area (Å²) in [5, 5.41) is 0.446. The summed E-state index contributed by atoms with van der Waals surface area (Å²) < 4.78 is 81.3. The average Bonchev–Trinajstić information content (AvgIpc) is 2.75. The van der Waals surface area contributed by atoms with Crippen LogP contribution in [0, 0.1) is 0 Å². The first-order chi connectivity index (χ1) is 15.0. The van der Waals surface area contributed by atoms with Gasteiger partial charge in [-0.25, -0.2) is 0 Å². The summed E-state index contributed by atoms with van der Waals surface area (Å²) in [7, 11) is 1.47. The normalized spacial score (nSPS) is 12.3. The van der Waals surface area contributed by atoms with Gasteiger partial charge in [-0.05, 0) is 41.5 Å². The third-order valence-corrected chi connectivity index (χ3v) is 5.26. The number of nitrogens with zero attached hydrogens (tertiary/aromatic N) is 1. The molecule has 1 aromatic heterocycles. The standard InChI is InChI=1S/C24H15F6NO/c1-31-19-11-3-2-10-18(19)20(14-6-4-8-16(12-14)23(25,26)27)21(22(31)32)15-7-5-9-17(13-15)24(28,29)30/h2-13H,1H3. The van der Waals surface area contributed by atoms with Crippen molar-refractivity contribution in [2.24, 2.45) is 7.05 Å². The van der Waals surface area contributed by atoms with Gasteiger partial charge in [-0.3, -0.25) is 4.79 Å². The largest absolute Gasteiger partial charge is 0.416 e. The van der Waals surface area contributed by atoms with Gasteiger partial charge in [-0.2, -0.15) is 26.3 Å². The number of alkyl halides is 6. The van der Waals surface area contributed by atoms with Gasteiger partial charge in [-0.15, -0.1) is 0 Å². The molecule has 0 saturated heterocycles. The minimum atomic E-state index is -4.64. The second-order valence-electron chi connectivity index (χ2n) is 7.29. The monoisotopic (exact) mass is 447 g/mol. The van der Waals surface area contributed by atoms with E-state index in [1.165, 1.54) is 35.9 Å². The maximum Gasteiger partial charge on any atom is 0.416 e. The Morgan fingerprint density at radius 1 is 0.656 bits per heavy atom. The number of rotatable bonds is 2. The summed E-state index contributed by atoms with van der Waals surface area (Å²) in [5.74, 6) is 0. The molecule has 0 aliphatic heterocycles. The number of fused-ring (bicyclic) bond motifs is 1. The van der Waals surface area contributed by atoms with Crippen molar-refractivity contribution in [1.29, 1.82) is 0 Å². The maximum absolute atomic E-state index is 13.4. The van der Waals surface area contributed by atoms with Crippen LogP contribution in [0.15, 0.2) is 77.6 Å². The fourth-order valence-electron chi connectivity index (χ4n) is 3.77. The smallest absolute Gasteiger partial charge is 0.311 e. The maximum atomic E-state index is 13.4. The highest BCUT2D eigenvalue weighted by molar-refractivity contribution is 6.02. The molecule has 0 amide bonds. The van der Waals surface area contributed by atoms with E-state index in [4.69, 9.17) is 0 Å². The number of halogens is 6. The molecule has 0 saturated carbocycles. The quantitative estimate of drug-likeness (QED) is 0.306. The van der Waals surface area contributed by atoms with Gasteiger partial charge in [0, 0.05) is 18.0 Å². The molecule has 8 heteroatoms. The van der Waals surface area contributed by atoms with Crippen molar-refractivity contribution >= 4 is 10.9 Å². The van der Waals surface area contributed by atoms with E-state index < -0.39 is 29.0 Å². The SMILES string of the molecule is Cn1c(=O)c(-c2cccc(C(F)(F)F)c2)c(-c2cccc(C(F)(F)F)c2)c2ccccc21. The van der Waals surface area contributed by atoms with Crippen LogP contribution in [0.4, 0.5) is 26.3 Å². The van der Waals surface area contributed by atoms with Gasteiger partial charge in [0.05, 0.1) is 22.2 Å². The summed E-state index contributed by atoms with van der Waals surface area (Å²) in [6, 6.07) is 15.2. The Labute approximate surface area is 178 Å². The number of aromatic nitrogens is 1. The van der Waals surface area contributed by atoms with Crippen LogP contribution in [0.2, 0.25) is 0 Å². The van der Waals surface area contributed by atoms with E-state index in [-0.39, 0.29) is 22.3 Å². The van der Waals surface area contributed by atoms with Crippen LogP contribution in [0.3, 0.4) is 0 Å². The summed E-state index contributed by atoms with van der Waals surface area (Å²) in [5.41, 5.74) is -1.95. The minimum absolute atomic E-state index is 0.0291. The molecule has 2 nitrogen and oxygen atoms in total. The highest BCUT2D eigenvalue weighted by Gasteiger charge is 2.32. The summed E-state index contributed by atoms with van der Waals surface area (Å²) in [6.07, 6.45) is -9.27. The molecule has 0 atom stereocenters. The molecule has 0 aliphatic rings. The minimum Gasteiger partial charge on any atom is -0.311 e. The van der Waals surface area contributed by atoms with Crippen molar-refractivity contribution in [3.8, 4) is 22.3 Å². The van der Waals surface area contributed by atoms with Crippen molar-refractivity contribution in [2.75, 3.05) is 0 Å². The fourth-order valence-corrected chi connectivity index (χ4v) is 3.77. The average molecular weight is 447 g/mol. The van der Waals surface area contributed by atoms with E-state index in [2.05, 4.69) is 0 Å². The first-order valence-electron chi connectivity index (χ1n) is 9.45. The van der Waals surface area contributed by atoms with E-state index in [0.29, 0.717) is 10.9 Å². The number of pyridine rings is 1. The fraction of sp³-hybridized carbons (Fsp3) is 0.125. The lowest BCUT2D eigenvalue weighted by molar-refractivity contribution is -0.138. The molecule has 0 fully saturated rings. The molecule has 0 N–H and O–H groups in total. The molecular formula is C24H15F6NO. The number of hydrogen-bond donors (Lipinski definition) is 0. The Hall–Kier alpha value is -3.55. The van der Waals surface area contributed by atoms with Crippen LogP contribution in [0.1, 0.15) is 11.1 Å². The molecule has 0 unspecified atom stereocenters. The van der Waals surface area contributed by atoms with Crippen molar-refractivity contribution in [1.82, 2.24) is 4.57 Å². The third-order valence-electron chi connectivity index (χ3n) is 5.26. The Morgan fingerprint density at radius 3 is 1.69 bits per heavy atom. The van der Waals surface area contributed by atoms with Crippen LogP contribution in [-0.4, -0.2) is 4.57 Å². The molecule has 32 heavy (non-hydrogen) atoms. The lowest BCUT2D eigenvalue weighted by Gasteiger charge is -2.18. The first kappa shape index (κ1) is 21.7. The number of para-hydroxylation sites is 1. The van der Waals surface area contributed by atoms with Crippen molar-refractivity contribution in [3.63, 3.8) is 0 Å². The highest BCUT2D eigenvalue weighted by Crippen LogP contribution is 2.40. The second kappa shape index (κ2) is 7.55. The number of aryl methyl sites for hydroxylation is 1. The number of hydrogen-bond acceptors (Lipinski definition) is 1. The summed E-state index contributed by atoms with van der Waals surface area (Å²) in [6.45, 7) is 0. The highest BCUT2D eigenvalue weighted by atomic mass is 19.4. The van der Waals surface area contributed by atoms with Gasteiger partial charge < -0.3 is 4.57 Å². The third kappa shape index (κ3) is 3.77. The molecular weight excluding hydrogens is 432 g/mol. The van der Waals surface area contributed by atoms with Gasteiger partial charge in [-0.1, -0.05) is 42.5 Å². The molecule has 3 aromatic carbocycles. The second-order valence-corrected chi connectivity index (χ2v) is 7.29. The molecule has 0 bridgehead atoms. The topological polar surface area (TPSA) is 22.0 Å². The van der Waals surface area contributed by atoms with Crippen LogP contribution in [-0.2, 0) is 19.4 Å². The van der Waals surface area contributed by atoms with Gasteiger partial charge >= 0.3 is 12.4 Å². The molecule has 0 spiro atoms. The Kier molecular flexibility index (Phi) is 5.11. The van der Waals surface area contributed by atoms with Gasteiger partial charge in [0.25, 0.3) is 5.56 Å². The van der Waals surface area contributed by atoms with Crippen molar-refractivity contribution in [2.45, 2.75) is 12.4 Å². The molecule has 0 aliphatic carbocycles.